The molecular weight excluding hydrogens is 238 g/mol. The lowest BCUT2D eigenvalue weighted by atomic mass is 9.77. The van der Waals surface area contributed by atoms with Crippen LogP contribution in [-0.2, 0) is 4.79 Å². The Balaban J connectivity index is 2.02. The van der Waals surface area contributed by atoms with Gasteiger partial charge in [0.15, 0.2) is 5.78 Å². The molecule has 1 aliphatic heterocycles. The average Bonchev–Trinajstić information content (AvgIpc) is 2.75. The Kier molecular flexibility index (Phi) is 1.85. The van der Waals surface area contributed by atoms with Crippen molar-refractivity contribution in [3.8, 4) is 0 Å². The van der Waals surface area contributed by atoms with Crippen molar-refractivity contribution in [1.29, 1.82) is 0 Å². The molecule has 0 unspecified atom stereocenters. The molecule has 19 heavy (non-hydrogen) atoms. The first-order chi connectivity index (χ1) is 9.27. The number of para-hydroxylation sites is 1. The fourth-order valence-corrected chi connectivity index (χ4v) is 2.71. The third kappa shape index (κ3) is 1.21. The van der Waals surface area contributed by atoms with E-state index in [1.165, 1.54) is 0 Å². The van der Waals surface area contributed by atoms with E-state index in [0.29, 0.717) is 16.7 Å². The second-order valence-electron chi connectivity index (χ2n) is 4.62. The van der Waals surface area contributed by atoms with Crippen molar-refractivity contribution >= 4 is 28.5 Å². The highest BCUT2D eigenvalue weighted by molar-refractivity contribution is 6.53. The van der Waals surface area contributed by atoms with E-state index in [1.807, 2.05) is 42.5 Å². The molecule has 0 fully saturated rings. The second kappa shape index (κ2) is 3.42. The number of Topliss-reactive ketones (excluding diaryl/α,β-unsaturated/α-hetero) is 1. The normalized spacial score (nSPS) is 19.6. The van der Waals surface area contributed by atoms with Gasteiger partial charge >= 0.3 is 0 Å². The zero-order valence-electron chi connectivity index (χ0n) is 9.94. The Morgan fingerprint density at radius 2 is 1.32 bits per heavy atom. The van der Waals surface area contributed by atoms with Gasteiger partial charge in [0.05, 0.1) is 5.57 Å². The first kappa shape index (κ1) is 10.3. The molecule has 0 atom stereocenters. The fraction of sp³-hybridized carbons (Fsp3) is 0. The van der Waals surface area contributed by atoms with Gasteiger partial charge in [-0.2, -0.15) is 0 Å². The Morgan fingerprint density at radius 3 is 2.11 bits per heavy atom. The minimum atomic E-state index is -0.195. The predicted molar refractivity (Wildman–Crippen MR) is 72.7 cm³/mol. The van der Waals surface area contributed by atoms with E-state index >= 15 is 0 Å². The highest BCUT2D eigenvalue weighted by Gasteiger charge is 2.37. The Labute approximate surface area is 109 Å². The number of rotatable bonds is 0. The Bertz CT molecular complexity index is 787. The number of allylic oxidation sites excluding steroid dienone is 1. The smallest absolute Gasteiger partial charge is 0.257 e. The van der Waals surface area contributed by atoms with E-state index in [0.717, 1.165) is 16.8 Å². The lowest BCUT2D eigenvalue weighted by Crippen LogP contribution is -2.21. The summed E-state index contributed by atoms with van der Waals surface area (Å²) in [5.41, 5.74) is 4.19. The molecule has 1 heterocycles. The van der Waals surface area contributed by atoms with Crippen molar-refractivity contribution in [2.24, 2.45) is 0 Å². The summed E-state index contributed by atoms with van der Waals surface area (Å²) < 4.78 is 0. The molecule has 3 nitrogen and oxygen atoms in total. The van der Waals surface area contributed by atoms with Gasteiger partial charge in [-0.1, -0.05) is 42.5 Å². The van der Waals surface area contributed by atoms with Crippen LogP contribution in [0.4, 0.5) is 5.69 Å². The van der Waals surface area contributed by atoms with Crippen LogP contribution in [0.25, 0.3) is 11.1 Å². The maximum atomic E-state index is 12.2. The molecule has 1 N–H and O–H groups in total. The summed E-state index contributed by atoms with van der Waals surface area (Å²) in [6.45, 7) is 0. The number of benzene rings is 2. The van der Waals surface area contributed by atoms with Crippen molar-refractivity contribution in [2.45, 2.75) is 0 Å². The molecular formula is C16H9NO2. The molecule has 4 rings (SSSR count). The standard InChI is InChI=1S/C16H9NO2/c18-15-10-6-2-1-5-9(10)13(15)14-11-7-3-4-8-12(11)17-16(14)19/h1-8H,(H,17,19)/b14-13-. The molecule has 0 radical (unpaired) electrons. The zero-order chi connectivity index (χ0) is 13.0. The van der Waals surface area contributed by atoms with Crippen molar-refractivity contribution in [3.63, 3.8) is 0 Å². The van der Waals surface area contributed by atoms with E-state index in [1.54, 1.807) is 6.07 Å². The van der Waals surface area contributed by atoms with Crippen LogP contribution in [0.2, 0.25) is 0 Å². The zero-order valence-corrected chi connectivity index (χ0v) is 9.94. The summed E-state index contributed by atoms with van der Waals surface area (Å²) in [4.78, 5) is 24.3. The summed E-state index contributed by atoms with van der Waals surface area (Å²) in [6.07, 6.45) is 0. The molecule has 90 valence electrons. The lowest BCUT2D eigenvalue weighted by molar-refractivity contribution is -0.110. The number of hydrogen-bond donors (Lipinski definition) is 1. The quantitative estimate of drug-likeness (QED) is 0.727. The van der Waals surface area contributed by atoms with E-state index in [-0.39, 0.29) is 11.7 Å². The molecule has 2 aromatic rings. The van der Waals surface area contributed by atoms with E-state index < -0.39 is 0 Å². The average molecular weight is 247 g/mol. The maximum Gasteiger partial charge on any atom is 0.257 e. The van der Waals surface area contributed by atoms with Gasteiger partial charge in [0.1, 0.15) is 0 Å². The van der Waals surface area contributed by atoms with Gasteiger partial charge in [0.2, 0.25) is 0 Å². The monoisotopic (exact) mass is 247 g/mol. The third-order valence-electron chi connectivity index (χ3n) is 3.59. The number of carbonyl (C=O) groups is 2. The highest BCUT2D eigenvalue weighted by atomic mass is 16.2. The van der Waals surface area contributed by atoms with Crippen molar-refractivity contribution in [1.82, 2.24) is 0 Å². The van der Waals surface area contributed by atoms with Gasteiger partial charge in [-0.25, -0.2) is 0 Å². The Hall–Kier alpha value is -2.68. The first-order valence-corrected chi connectivity index (χ1v) is 6.06. The number of nitrogens with one attached hydrogen (secondary N) is 1. The highest BCUT2D eigenvalue weighted by Crippen LogP contribution is 2.43. The predicted octanol–water partition coefficient (Wildman–Crippen LogP) is 2.75. The van der Waals surface area contributed by atoms with E-state index in [4.69, 9.17) is 0 Å². The van der Waals surface area contributed by atoms with Crippen LogP contribution in [0, 0.1) is 0 Å². The van der Waals surface area contributed by atoms with Crippen LogP contribution < -0.4 is 5.32 Å². The second-order valence-corrected chi connectivity index (χ2v) is 4.62. The van der Waals surface area contributed by atoms with Crippen LogP contribution in [0.3, 0.4) is 0 Å². The van der Waals surface area contributed by atoms with Crippen molar-refractivity contribution in [3.05, 3.63) is 65.2 Å². The summed E-state index contributed by atoms with van der Waals surface area (Å²) in [5, 5.41) is 2.80. The number of anilines is 1. The van der Waals surface area contributed by atoms with E-state index in [2.05, 4.69) is 5.32 Å². The van der Waals surface area contributed by atoms with Crippen LogP contribution in [-0.4, -0.2) is 11.7 Å². The van der Waals surface area contributed by atoms with Crippen molar-refractivity contribution in [2.75, 3.05) is 5.32 Å². The molecule has 1 aliphatic carbocycles. The summed E-state index contributed by atoms with van der Waals surface area (Å²) >= 11 is 0. The number of amides is 1. The number of fused-ring (bicyclic) bond motifs is 2. The number of ketones is 1. The SMILES string of the molecule is O=C1Nc2ccccc2/C1=C1/C(=O)c2ccccc21. The molecule has 0 bridgehead atoms. The molecule has 0 aromatic heterocycles. The number of carbonyl (C=O) groups excluding carboxylic acids is 2. The summed E-state index contributed by atoms with van der Waals surface area (Å²) in [7, 11) is 0. The van der Waals surface area contributed by atoms with Crippen LogP contribution in [0.5, 0.6) is 0 Å². The Morgan fingerprint density at radius 1 is 0.684 bits per heavy atom. The molecule has 0 saturated heterocycles. The molecule has 1 amide bonds. The number of hydrogen-bond acceptors (Lipinski definition) is 2. The summed E-state index contributed by atoms with van der Waals surface area (Å²) in [6, 6.07) is 14.8. The first-order valence-electron chi connectivity index (χ1n) is 6.06. The molecule has 0 spiro atoms. The maximum absolute atomic E-state index is 12.2. The third-order valence-corrected chi connectivity index (χ3v) is 3.59. The van der Waals surface area contributed by atoms with E-state index in [9.17, 15) is 9.59 Å². The van der Waals surface area contributed by atoms with Gasteiger partial charge in [0, 0.05) is 22.4 Å². The summed E-state index contributed by atoms with van der Waals surface area (Å²) in [5.74, 6) is -0.239. The fourth-order valence-electron chi connectivity index (χ4n) is 2.71. The minimum Gasteiger partial charge on any atom is -0.321 e. The lowest BCUT2D eigenvalue weighted by Gasteiger charge is -2.22. The van der Waals surface area contributed by atoms with Crippen LogP contribution in [0.15, 0.2) is 48.5 Å². The minimum absolute atomic E-state index is 0.0440. The largest absolute Gasteiger partial charge is 0.321 e. The van der Waals surface area contributed by atoms with Gasteiger partial charge in [0.25, 0.3) is 5.91 Å². The van der Waals surface area contributed by atoms with Crippen LogP contribution >= 0.6 is 0 Å². The molecule has 2 aromatic carbocycles. The van der Waals surface area contributed by atoms with Crippen LogP contribution in [0.1, 0.15) is 21.5 Å². The molecule has 3 heteroatoms. The topological polar surface area (TPSA) is 46.2 Å². The molecule has 0 saturated carbocycles. The van der Waals surface area contributed by atoms with Gasteiger partial charge < -0.3 is 5.32 Å². The van der Waals surface area contributed by atoms with Crippen molar-refractivity contribution < 1.29 is 9.59 Å². The molecule has 2 aliphatic rings. The van der Waals surface area contributed by atoms with Gasteiger partial charge in [-0.15, -0.1) is 0 Å². The van der Waals surface area contributed by atoms with Gasteiger partial charge in [-0.05, 0) is 11.6 Å². The van der Waals surface area contributed by atoms with Gasteiger partial charge in [-0.3, -0.25) is 9.59 Å².